The first-order chi connectivity index (χ1) is 8.72. The number of rotatable bonds is 4. The molecule has 0 amide bonds. The van der Waals surface area contributed by atoms with E-state index < -0.39 is 0 Å². The lowest BCUT2D eigenvalue weighted by atomic mass is 9.89. The van der Waals surface area contributed by atoms with Crippen LogP contribution >= 0.6 is 0 Å². The standard InChI is InChI=1S/C15H19F2N/c16-14-3-4-15(17)13(7-14)9-18-8-12-6-10-1-2-11(12)5-10/h3-4,7,10-12,18H,1-2,5-6,8-9H2. The van der Waals surface area contributed by atoms with Crippen LogP contribution in [0.4, 0.5) is 8.78 Å². The minimum atomic E-state index is -0.367. The van der Waals surface area contributed by atoms with Gasteiger partial charge >= 0.3 is 0 Å². The Morgan fingerprint density at radius 2 is 2.06 bits per heavy atom. The summed E-state index contributed by atoms with van der Waals surface area (Å²) in [6, 6.07) is 3.64. The Bertz CT molecular complexity index is 433. The lowest BCUT2D eigenvalue weighted by molar-refractivity contribution is 0.318. The van der Waals surface area contributed by atoms with Crippen molar-refractivity contribution in [2.75, 3.05) is 6.54 Å². The van der Waals surface area contributed by atoms with Crippen molar-refractivity contribution in [3.05, 3.63) is 35.4 Å². The van der Waals surface area contributed by atoms with E-state index in [2.05, 4.69) is 5.32 Å². The molecule has 3 atom stereocenters. The molecule has 0 spiro atoms. The lowest BCUT2D eigenvalue weighted by Crippen LogP contribution is -2.26. The first kappa shape index (κ1) is 12.1. The van der Waals surface area contributed by atoms with Crippen molar-refractivity contribution in [2.24, 2.45) is 17.8 Å². The number of hydrogen-bond acceptors (Lipinski definition) is 1. The zero-order chi connectivity index (χ0) is 12.5. The minimum Gasteiger partial charge on any atom is -0.312 e. The Kier molecular flexibility index (Phi) is 3.33. The van der Waals surface area contributed by atoms with Crippen LogP contribution in [0.1, 0.15) is 31.2 Å². The molecule has 0 heterocycles. The summed E-state index contributed by atoms with van der Waals surface area (Å²) < 4.78 is 26.4. The van der Waals surface area contributed by atoms with Gasteiger partial charge in [-0.2, -0.15) is 0 Å². The predicted octanol–water partition coefficient (Wildman–Crippen LogP) is 3.49. The molecule has 2 bridgehead atoms. The molecule has 1 aromatic rings. The van der Waals surface area contributed by atoms with Crippen LogP contribution in [0.15, 0.2) is 18.2 Å². The molecule has 0 aromatic heterocycles. The number of halogens is 2. The molecule has 3 unspecified atom stereocenters. The van der Waals surface area contributed by atoms with E-state index in [4.69, 9.17) is 0 Å². The van der Waals surface area contributed by atoms with Crippen molar-refractivity contribution >= 4 is 0 Å². The molecule has 18 heavy (non-hydrogen) atoms. The quantitative estimate of drug-likeness (QED) is 0.863. The van der Waals surface area contributed by atoms with E-state index in [-0.39, 0.29) is 11.6 Å². The Morgan fingerprint density at radius 1 is 1.17 bits per heavy atom. The van der Waals surface area contributed by atoms with E-state index >= 15 is 0 Å². The van der Waals surface area contributed by atoms with E-state index in [9.17, 15) is 8.78 Å². The minimum absolute atomic E-state index is 0.322. The third-order valence-electron chi connectivity index (χ3n) is 4.61. The van der Waals surface area contributed by atoms with Crippen LogP contribution in [0.25, 0.3) is 0 Å². The third kappa shape index (κ3) is 2.41. The average Bonchev–Trinajstić information content (AvgIpc) is 2.96. The van der Waals surface area contributed by atoms with Gasteiger partial charge in [0.15, 0.2) is 0 Å². The lowest BCUT2D eigenvalue weighted by Gasteiger charge is -2.22. The molecule has 98 valence electrons. The zero-order valence-corrected chi connectivity index (χ0v) is 10.5. The molecular weight excluding hydrogens is 232 g/mol. The summed E-state index contributed by atoms with van der Waals surface area (Å²) in [6.07, 6.45) is 5.48. The van der Waals surface area contributed by atoms with Crippen LogP contribution in [0, 0.1) is 29.4 Å². The van der Waals surface area contributed by atoms with E-state index in [1.54, 1.807) is 0 Å². The van der Waals surface area contributed by atoms with Gasteiger partial charge in [-0.3, -0.25) is 0 Å². The highest BCUT2D eigenvalue weighted by molar-refractivity contribution is 5.18. The second-order valence-electron chi connectivity index (χ2n) is 5.80. The highest BCUT2D eigenvalue weighted by Crippen LogP contribution is 2.47. The summed E-state index contributed by atoms with van der Waals surface area (Å²) in [5, 5.41) is 3.29. The smallest absolute Gasteiger partial charge is 0.127 e. The molecule has 2 fully saturated rings. The molecular formula is C15H19F2N. The molecule has 0 radical (unpaired) electrons. The fraction of sp³-hybridized carbons (Fsp3) is 0.600. The number of hydrogen-bond donors (Lipinski definition) is 1. The Balaban J connectivity index is 1.51. The first-order valence-corrected chi connectivity index (χ1v) is 6.87. The molecule has 0 aliphatic heterocycles. The van der Waals surface area contributed by atoms with Gasteiger partial charge in [-0.15, -0.1) is 0 Å². The van der Waals surface area contributed by atoms with Crippen LogP contribution in [0.5, 0.6) is 0 Å². The Labute approximate surface area is 107 Å². The largest absolute Gasteiger partial charge is 0.312 e. The molecule has 2 aliphatic rings. The first-order valence-electron chi connectivity index (χ1n) is 6.87. The second-order valence-corrected chi connectivity index (χ2v) is 5.80. The SMILES string of the molecule is Fc1ccc(F)c(CNCC2CC3CCC2C3)c1. The van der Waals surface area contributed by atoms with Gasteiger partial charge in [-0.05, 0) is 61.8 Å². The highest BCUT2D eigenvalue weighted by Gasteiger charge is 2.38. The molecule has 1 N–H and O–H groups in total. The van der Waals surface area contributed by atoms with Gasteiger partial charge < -0.3 is 5.32 Å². The molecule has 1 nitrogen and oxygen atoms in total. The van der Waals surface area contributed by atoms with E-state index in [1.165, 1.54) is 37.8 Å². The number of nitrogens with one attached hydrogen (secondary N) is 1. The van der Waals surface area contributed by atoms with Gasteiger partial charge in [0.1, 0.15) is 11.6 Å². The molecule has 3 rings (SSSR count). The van der Waals surface area contributed by atoms with Crippen molar-refractivity contribution in [1.29, 1.82) is 0 Å². The highest BCUT2D eigenvalue weighted by atomic mass is 19.1. The van der Waals surface area contributed by atoms with Crippen LogP contribution < -0.4 is 5.32 Å². The van der Waals surface area contributed by atoms with Crippen LogP contribution in [-0.2, 0) is 6.54 Å². The molecule has 1 aromatic carbocycles. The van der Waals surface area contributed by atoms with Gasteiger partial charge in [0.05, 0.1) is 0 Å². The molecule has 2 aliphatic carbocycles. The maximum absolute atomic E-state index is 13.4. The summed E-state index contributed by atoms with van der Waals surface area (Å²) >= 11 is 0. The van der Waals surface area contributed by atoms with Crippen molar-refractivity contribution in [3.8, 4) is 0 Å². The van der Waals surface area contributed by atoms with E-state index in [0.29, 0.717) is 12.1 Å². The number of benzene rings is 1. The van der Waals surface area contributed by atoms with E-state index in [0.717, 1.165) is 30.4 Å². The summed E-state index contributed by atoms with van der Waals surface area (Å²) in [6.45, 7) is 1.37. The zero-order valence-electron chi connectivity index (χ0n) is 10.5. The monoisotopic (exact) mass is 251 g/mol. The Morgan fingerprint density at radius 3 is 2.78 bits per heavy atom. The number of fused-ring (bicyclic) bond motifs is 2. The maximum atomic E-state index is 13.4. The van der Waals surface area contributed by atoms with Crippen LogP contribution in [0.2, 0.25) is 0 Å². The Hall–Kier alpha value is -0.960. The molecule has 2 saturated carbocycles. The second kappa shape index (κ2) is 4.96. The summed E-state index contributed by atoms with van der Waals surface area (Å²) in [5.41, 5.74) is 0.429. The van der Waals surface area contributed by atoms with Crippen LogP contribution in [-0.4, -0.2) is 6.54 Å². The fourth-order valence-electron chi connectivity index (χ4n) is 3.70. The maximum Gasteiger partial charge on any atom is 0.127 e. The average molecular weight is 251 g/mol. The van der Waals surface area contributed by atoms with Crippen molar-refractivity contribution in [1.82, 2.24) is 5.32 Å². The van der Waals surface area contributed by atoms with Crippen molar-refractivity contribution in [3.63, 3.8) is 0 Å². The van der Waals surface area contributed by atoms with Crippen LogP contribution in [0.3, 0.4) is 0 Å². The molecule has 0 saturated heterocycles. The van der Waals surface area contributed by atoms with Gasteiger partial charge in [-0.25, -0.2) is 8.78 Å². The summed E-state index contributed by atoms with van der Waals surface area (Å²) in [4.78, 5) is 0. The third-order valence-corrected chi connectivity index (χ3v) is 4.61. The van der Waals surface area contributed by atoms with Gasteiger partial charge in [-0.1, -0.05) is 6.42 Å². The van der Waals surface area contributed by atoms with Gasteiger partial charge in [0.2, 0.25) is 0 Å². The van der Waals surface area contributed by atoms with Crippen molar-refractivity contribution < 1.29 is 8.78 Å². The summed E-state index contributed by atoms with van der Waals surface area (Å²) in [5.74, 6) is 1.87. The van der Waals surface area contributed by atoms with Crippen molar-refractivity contribution in [2.45, 2.75) is 32.2 Å². The normalized spacial score (nSPS) is 30.0. The predicted molar refractivity (Wildman–Crippen MR) is 67.0 cm³/mol. The summed E-state index contributed by atoms with van der Waals surface area (Å²) in [7, 11) is 0. The van der Waals surface area contributed by atoms with Gasteiger partial charge in [0, 0.05) is 12.1 Å². The fourth-order valence-corrected chi connectivity index (χ4v) is 3.70. The topological polar surface area (TPSA) is 12.0 Å². The molecule has 3 heteroatoms. The van der Waals surface area contributed by atoms with Gasteiger partial charge in [0.25, 0.3) is 0 Å². The van der Waals surface area contributed by atoms with E-state index in [1.807, 2.05) is 0 Å².